The van der Waals surface area contributed by atoms with Gasteiger partial charge in [-0.2, -0.15) is 0 Å². The highest BCUT2D eigenvalue weighted by Crippen LogP contribution is 2.43. The number of phosphoric ester groups is 1. The number of phosphoric acid groups is 1. The minimum absolute atomic E-state index is 0.119. The van der Waals surface area contributed by atoms with Crippen molar-refractivity contribution in [2.75, 3.05) is 19.8 Å². The predicted octanol–water partition coefficient (Wildman–Crippen LogP) is 13.1. The maximum absolute atomic E-state index is 12.6. The van der Waals surface area contributed by atoms with Crippen LogP contribution in [0, 0.1) is 0 Å². The molecule has 0 aliphatic heterocycles. The van der Waals surface area contributed by atoms with E-state index >= 15 is 0 Å². The molecule has 12 heteroatoms. The molecule has 0 fully saturated rings. The van der Waals surface area contributed by atoms with Gasteiger partial charge in [-0.15, -0.1) is 0 Å². The Morgan fingerprint density at radius 2 is 0.871 bits per heavy atom. The summed E-state index contributed by atoms with van der Waals surface area (Å²) in [5, 5.41) is 8.90. The summed E-state index contributed by atoms with van der Waals surface area (Å²) in [4.78, 5) is 46.0. The topological polar surface area (TPSA) is 172 Å². The van der Waals surface area contributed by atoms with E-state index in [1.807, 2.05) is 6.08 Å². The number of carboxylic acid groups (broad SMARTS) is 1. The van der Waals surface area contributed by atoms with Gasteiger partial charge in [-0.3, -0.25) is 23.4 Å². The largest absolute Gasteiger partial charge is 0.480 e. The Bertz CT molecular complexity index is 1370. The summed E-state index contributed by atoms with van der Waals surface area (Å²) in [5.74, 6) is -2.49. The summed E-state index contributed by atoms with van der Waals surface area (Å²) in [6.07, 6.45) is 55.1. The van der Waals surface area contributed by atoms with Crippen LogP contribution in [0.2, 0.25) is 0 Å². The average Bonchev–Trinajstić information content (AvgIpc) is 3.25. The van der Waals surface area contributed by atoms with E-state index in [9.17, 15) is 23.8 Å². The maximum Gasteiger partial charge on any atom is 0.472 e. The first kappa shape index (κ1) is 58.7. The van der Waals surface area contributed by atoms with E-state index in [-0.39, 0.29) is 19.4 Å². The predicted molar refractivity (Wildman–Crippen MR) is 254 cm³/mol. The Balaban J connectivity index is 4.46. The number of aliphatic carboxylic acids is 1. The van der Waals surface area contributed by atoms with Crippen molar-refractivity contribution in [2.45, 2.75) is 193 Å². The van der Waals surface area contributed by atoms with Gasteiger partial charge in [0.05, 0.1) is 13.2 Å². The van der Waals surface area contributed by atoms with Crippen LogP contribution in [0.4, 0.5) is 0 Å². The molecule has 0 bridgehead atoms. The molecule has 0 saturated carbocycles. The molecular formula is C50H84NO10P. The highest BCUT2D eigenvalue weighted by atomic mass is 31.2. The number of allylic oxidation sites excluding steroid dienone is 14. The first-order valence-corrected chi connectivity index (χ1v) is 25.1. The number of carboxylic acids is 1. The number of ether oxygens (including phenoxy) is 2. The van der Waals surface area contributed by atoms with Crippen molar-refractivity contribution in [1.29, 1.82) is 0 Å². The Labute approximate surface area is 375 Å². The van der Waals surface area contributed by atoms with Gasteiger partial charge >= 0.3 is 25.7 Å². The SMILES string of the molecule is CCCCC/C=C/C/C=C/C/C=C/CCCCCCC(=O)O[C@H](COC(=O)CCC/C=C/C/C=C/C/C=C/C/C=C/CCCCCCCCC)COP(=O)(O)OC[C@H](N)C(=O)O. The molecule has 62 heavy (non-hydrogen) atoms. The van der Waals surface area contributed by atoms with Crippen LogP contribution >= 0.6 is 7.82 Å². The zero-order valence-corrected chi connectivity index (χ0v) is 39.3. The van der Waals surface area contributed by atoms with E-state index in [2.05, 4.69) is 97.4 Å². The number of unbranched alkanes of at least 4 members (excludes halogenated alkanes) is 15. The lowest BCUT2D eigenvalue weighted by atomic mass is 10.1. The fourth-order valence-electron chi connectivity index (χ4n) is 5.89. The molecule has 0 aromatic heterocycles. The minimum Gasteiger partial charge on any atom is -0.480 e. The fourth-order valence-corrected chi connectivity index (χ4v) is 6.66. The van der Waals surface area contributed by atoms with Gasteiger partial charge < -0.3 is 25.2 Å². The minimum atomic E-state index is -4.74. The molecule has 1 unspecified atom stereocenters. The van der Waals surface area contributed by atoms with E-state index in [0.29, 0.717) is 19.3 Å². The third-order valence-electron chi connectivity index (χ3n) is 9.62. The zero-order chi connectivity index (χ0) is 45.6. The Hall–Kier alpha value is -3.34. The van der Waals surface area contributed by atoms with E-state index in [1.54, 1.807) is 0 Å². The molecule has 0 rings (SSSR count). The Morgan fingerprint density at radius 3 is 1.35 bits per heavy atom. The van der Waals surface area contributed by atoms with Gasteiger partial charge in [-0.25, -0.2) is 4.57 Å². The lowest BCUT2D eigenvalue weighted by Crippen LogP contribution is -2.34. The molecule has 0 saturated heterocycles. The highest BCUT2D eigenvalue weighted by molar-refractivity contribution is 7.47. The maximum atomic E-state index is 12.6. The Kier molecular flexibility index (Phi) is 41.9. The summed E-state index contributed by atoms with van der Waals surface area (Å²) in [5.41, 5.74) is 5.34. The number of hydrogen-bond acceptors (Lipinski definition) is 9. The van der Waals surface area contributed by atoms with Crippen molar-refractivity contribution < 1.29 is 47.5 Å². The van der Waals surface area contributed by atoms with Crippen molar-refractivity contribution in [3.63, 3.8) is 0 Å². The summed E-state index contributed by atoms with van der Waals surface area (Å²) in [6.45, 7) is 2.69. The lowest BCUT2D eigenvalue weighted by molar-refractivity contribution is -0.161. The van der Waals surface area contributed by atoms with E-state index in [4.69, 9.17) is 24.8 Å². The van der Waals surface area contributed by atoms with Crippen LogP contribution in [0.25, 0.3) is 0 Å². The third kappa shape index (κ3) is 43.3. The molecule has 0 spiro atoms. The van der Waals surface area contributed by atoms with Crippen LogP contribution in [0.1, 0.15) is 181 Å². The van der Waals surface area contributed by atoms with Crippen molar-refractivity contribution in [2.24, 2.45) is 5.73 Å². The molecule has 0 heterocycles. The first-order chi connectivity index (χ1) is 30.1. The van der Waals surface area contributed by atoms with Crippen LogP contribution in [0.15, 0.2) is 85.1 Å². The molecule has 0 amide bonds. The van der Waals surface area contributed by atoms with Crippen molar-refractivity contribution >= 4 is 25.7 Å². The summed E-state index contributed by atoms with van der Waals surface area (Å²) in [7, 11) is -4.74. The average molecular weight is 890 g/mol. The van der Waals surface area contributed by atoms with Crippen LogP contribution in [0.3, 0.4) is 0 Å². The van der Waals surface area contributed by atoms with Crippen LogP contribution < -0.4 is 5.73 Å². The van der Waals surface area contributed by atoms with Gasteiger partial charge in [0, 0.05) is 12.8 Å². The summed E-state index contributed by atoms with van der Waals surface area (Å²) < 4.78 is 32.7. The smallest absolute Gasteiger partial charge is 0.472 e. The van der Waals surface area contributed by atoms with Gasteiger partial charge in [0.15, 0.2) is 6.10 Å². The van der Waals surface area contributed by atoms with Crippen molar-refractivity contribution in [3.8, 4) is 0 Å². The molecule has 354 valence electrons. The molecule has 0 aromatic rings. The summed E-state index contributed by atoms with van der Waals surface area (Å²) in [6, 6.07) is -1.54. The number of hydrogen-bond donors (Lipinski definition) is 3. The molecular weight excluding hydrogens is 806 g/mol. The first-order valence-electron chi connectivity index (χ1n) is 23.6. The number of esters is 2. The highest BCUT2D eigenvalue weighted by Gasteiger charge is 2.28. The second-order valence-electron chi connectivity index (χ2n) is 15.5. The molecule has 4 N–H and O–H groups in total. The Morgan fingerprint density at radius 1 is 0.500 bits per heavy atom. The van der Waals surface area contributed by atoms with Crippen molar-refractivity contribution in [1.82, 2.24) is 0 Å². The standard InChI is InChI=1S/C50H84NO10P/c1-3-5-7-9-11-13-15-17-19-21-22-23-24-26-27-29-31-33-35-37-39-41-48(52)58-43-46(44-59-62(56,57)60-45-47(51)50(54)55)61-49(53)42-40-38-36-34-32-30-28-25-20-18-16-14-12-10-8-6-4-2/h12,14,18-21,23-24,27-30,33,35,46-47H,3-11,13,15-17,22,25-26,31-32,34,36-45,51H2,1-2H3,(H,54,55)(H,56,57)/b14-12+,20-18+,21-19+,24-23+,29-27+,30-28+,35-33+/t46-,47+/m1/s1. The molecule has 0 aromatic carbocycles. The molecule has 3 atom stereocenters. The third-order valence-corrected chi connectivity index (χ3v) is 10.6. The number of rotatable bonds is 43. The zero-order valence-electron chi connectivity index (χ0n) is 38.4. The summed E-state index contributed by atoms with van der Waals surface area (Å²) >= 11 is 0. The monoisotopic (exact) mass is 890 g/mol. The molecule has 0 aliphatic rings. The normalized spacial score (nSPS) is 14.4. The number of nitrogens with two attached hydrogens (primary N) is 1. The van der Waals surface area contributed by atoms with Crippen LogP contribution in [0.5, 0.6) is 0 Å². The second kappa shape index (κ2) is 44.3. The van der Waals surface area contributed by atoms with Gasteiger partial charge in [0.1, 0.15) is 12.6 Å². The quantitative estimate of drug-likeness (QED) is 0.0230. The number of carbonyl (C=O) groups is 3. The van der Waals surface area contributed by atoms with Crippen molar-refractivity contribution in [3.05, 3.63) is 85.1 Å². The van der Waals surface area contributed by atoms with Gasteiger partial charge in [-0.1, -0.05) is 163 Å². The van der Waals surface area contributed by atoms with E-state index in [1.165, 1.54) is 70.6 Å². The number of carbonyl (C=O) groups excluding carboxylic acids is 2. The van der Waals surface area contributed by atoms with E-state index in [0.717, 1.165) is 64.2 Å². The van der Waals surface area contributed by atoms with Gasteiger partial charge in [0.2, 0.25) is 0 Å². The fraction of sp³-hybridized carbons (Fsp3) is 0.660. The van der Waals surface area contributed by atoms with Gasteiger partial charge in [0.25, 0.3) is 0 Å². The second-order valence-corrected chi connectivity index (χ2v) is 17.0. The van der Waals surface area contributed by atoms with Gasteiger partial charge in [-0.05, 0) is 89.9 Å². The molecule has 11 nitrogen and oxygen atoms in total. The molecule has 0 radical (unpaired) electrons. The lowest BCUT2D eigenvalue weighted by Gasteiger charge is -2.20. The van der Waals surface area contributed by atoms with E-state index < -0.39 is 51.1 Å². The van der Waals surface area contributed by atoms with Crippen LogP contribution in [-0.2, 0) is 37.5 Å². The van der Waals surface area contributed by atoms with Crippen LogP contribution in [-0.4, -0.2) is 59.9 Å². The molecule has 0 aliphatic carbocycles.